The van der Waals surface area contributed by atoms with Crippen molar-refractivity contribution in [3.05, 3.63) is 0 Å². The molecular weight excluding hydrogens is 248 g/mol. The minimum atomic E-state index is 0.330. The Morgan fingerprint density at radius 2 is 1.95 bits per heavy atom. The molecule has 0 aromatic heterocycles. The standard InChI is InChI=1S/C17H34N2O/c1-6-17(7-2)12-19(16(11-18-17)13(3)4)14-8-9-15(10-14)20-5/h13-16,18H,6-12H2,1-5H3. The lowest BCUT2D eigenvalue weighted by atomic mass is 9.85. The van der Waals surface area contributed by atoms with E-state index in [4.69, 9.17) is 4.74 Å². The van der Waals surface area contributed by atoms with Crippen molar-refractivity contribution >= 4 is 0 Å². The number of methoxy groups -OCH3 is 1. The molecule has 0 aromatic rings. The van der Waals surface area contributed by atoms with E-state index in [9.17, 15) is 0 Å². The van der Waals surface area contributed by atoms with Crippen LogP contribution in [-0.4, -0.2) is 48.8 Å². The van der Waals surface area contributed by atoms with Crippen molar-refractivity contribution in [3.8, 4) is 0 Å². The SMILES string of the molecule is CCC1(CC)CN(C2CCC(OC)C2)C(C(C)C)CN1. The van der Waals surface area contributed by atoms with Crippen LogP contribution in [0.15, 0.2) is 0 Å². The van der Waals surface area contributed by atoms with Crippen LogP contribution in [0.1, 0.15) is 59.8 Å². The molecule has 1 heterocycles. The summed E-state index contributed by atoms with van der Waals surface area (Å²) in [6.45, 7) is 11.8. The summed E-state index contributed by atoms with van der Waals surface area (Å²) in [7, 11) is 1.87. The van der Waals surface area contributed by atoms with E-state index in [2.05, 4.69) is 37.9 Å². The van der Waals surface area contributed by atoms with Crippen LogP contribution in [0.25, 0.3) is 0 Å². The zero-order chi connectivity index (χ0) is 14.8. The molecule has 0 bridgehead atoms. The molecule has 1 aliphatic heterocycles. The first kappa shape index (κ1) is 16.3. The fraction of sp³-hybridized carbons (Fsp3) is 1.00. The monoisotopic (exact) mass is 282 g/mol. The highest BCUT2D eigenvalue weighted by Crippen LogP contribution is 2.33. The van der Waals surface area contributed by atoms with Gasteiger partial charge in [0.2, 0.25) is 0 Å². The fourth-order valence-electron chi connectivity index (χ4n) is 4.14. The zero-order valence-corrected chi connectivity index (χ0v) is 14.1. The van der Waals surface area contributed by atoms with Gasteiger partial charge < -0.3 is 10.1 Å². The van der Waals surface area contributed by atoms with E-state index in [-0.39, 0.29) is 0 Å². The van der Waals surface area contributed by atoms with Crippen molar-refractivity contribution in [2.75, 3.05) is 20.2 Å². The molecule has 20 heavy (non-hydrogen) atoms. The van der Waals surface area contributed by atoms with Crippen molar-refractivity contribution in [2.24, 2.45) is 5.92 Å². The van der Waals surface area contributed by atoms with E-state index < -0.39 is 0 Å². The number of nitrogens with one attached hydrogen (secondary N) is 1. The third-order valence-electron chi connectivity index (χ3n) is 5.88. The van der Waals surface area contributed by atoms with Crippen LogP contribution < -0.4 is 5.32 Å². The smallest absolute Gasteiger partial charge is 0.0586 e. The zero-order valence-electron chi connectivity index (χ0n) is 14.1. The Morgan fingerprint density at radius 1 is 1.25 bits per heavy atom. The first-order valence-electron chi connectivity index (χ1n) is 8.58. The van der Waals surface area contributed by atoms with Crippen molar-refractivity contribution in [1.29, 1.82) is 0 Å². The lowest BCUT2D eigenvalue weighted by Gasteiger charge is -2.51. The second-order valence-electron chi connectivity index (χ2n) is 7.18. The molecular formula is C17H34N2O. The van der Waals surface area contributed by atoms with Crippen molar-refractivity contribution in [2.45, 2.75) is 83.5 Å². The normalized spacial score (nSPS) is 34.8. The molecule has 1 saturated carbocycles. The van der Waals surface area contributed by atoms with Gasteiger partial charge in [0.1, 0.15) is 0 Å². The van der Waals surface area contributed by atoms with Gasteiger partial charge in [-0.3, -0.25) is 4.90 Å². The summed E-state index contributed by atoms with van der Waals surface area (Å²) in [5, 5.41) is 3.87. The molecule has 0 spiro atoms. The summed E-state index contributed by atoms with van der Waals surface area (Å²) in [5.41, 5.74) is 0.330. The van der Waals surface area contributed by atoms with Gasteiger partial charge in [0.25, 0.3) is 0 Å². The van der Waals surface area contributed by atoms with Gasteiger partial charge in [0.05, 0.1) is 6.10 Å². The van der Waals surface area contributed by atoms with Gasteiger partial charge in [-0.25, -0.2) is 0 Å². The van der Waals surface area contributed by atoms with Crippen LogP contribution >= 0.6 is 0 Å². The van der Waals surface area contributed by atoms with Gasteiger partial charge in [-0.15, -0.1) is 0 Å². The van der Waals surface area contributed by atoms with E-state index in [0.717, 1.165) is 18.5 Å². The predicted octanol–water partition coefficient (Wildman–Crippen LogP) is 3.04. The van der Waals surface area contributed by atoms with Gasteiger partial charge in [0.15, 0.2) is 0 Å². The van der Waals surface area contributed by atoms with Gasteiger partial charge in [-0.2, -0.15) is 0 Å². The summed E-state index contributed by atoms with van der Waals surface area (Å²) in [4.78, 5) is 2.83. The molecule has 0 radical (unpaired) electrons. The molecule has 2 fully saturated rings. The summed E-state index contributed by atoms with van der Waals surface area (Å²) in [6, 6.07) is 1.41. The number of rotatable bonds is 5. The first-order valence-corrected chi connectivity index (χ1v) is 8.58. The Kier molecular flexibility index (Phi) is 5.49. The van der Waals surface area contributed by atoms with Crippen LogP contribution in [0, 0.1) is 5.92 Å². The van der Waals surface area contributed by atoms with Gasteiger partial charge in [0, 0.05) is 37.8 Å². The van der Waals surface area contributed by atoms with Crippen LogP contribution in [0.4, 0.5) is 0 Å². The van der Waals surface area contributed by atoms with Crippen LogP contribution in [-0.2, 0) is 4.74 Å². The summed E-state index contributed by atoms with van der Waals surface area (Å²) < 4.78 is 5.59. The van der Waals surface area contributed by atoms with Gasteiger partial charge in [-0.1, -0.05) is 27.7 Å². The van der Waals surface area contributed by atoms with E-state index >= 15 is 0 Å². The van der Waals surface area contributed by atoms with E-state index in [1.807, 2.05) is 7.11 Å². The second-order valence-corrected chi connectivity index (χ2v) is 7.18. The van der Waals surface area contributed by atoms with E-state index in [1.165, 1.54) is 38.6 Å². The van der Waals surface area contributed by atoms with E-state index in [0.29, 0.717) is 17.7 Å². The molecule has 3 heteroatoms. The second kappa shape index (κ2) is 6.76. The molecule has 1 saturated heterocycles. The first-order chi connectivity index (χ1) is 9.55. The van der Waals surface area contributed by atoms with Gasteiger partial charge in [-0.05, 0) is 38.0 Å². The molecule has 2 aliphatic rings. The Morgan fingerprint density at radius 3 is 2.45 bits per heavy atom. The maximum atomic E-state index is 5.59. The topological polar surface area (TPSA) is 24.5 Å². The lowest BCUT2D eigenvalue weighted by molar-refractivity contribution is 0.0116. The molecule has 3 unspecified atom stereocenters. The molecule has 3 nitrogen and oxygen atoms in total. The minimum Gasteiger partial charge on any atom is -0.381 e. The number of ether oxygens (including phenoxy) is 1. The Hall–Kier alpha value is -0.120. The number of nitrogens with zero attached hydrogens (tertiary/aromatic N) is 1. The maximum Gasteiger partial charge on any atom is 0.0586 e. The summed E-state index contributed by atoms with van der Waals surface area (Å²) in [6.07, 6.45) is 6.71. The average molecular weight is 282 g/mol. The maximum absolute atomic E-state index is 5.59. The molecule has 2 rings (SSSR count). The quantitative estimate of drug-likeness (QED) is 0.839. The Balaban J connectivity index is 2.11. The average Bonchev–Trinajstić information content (AvgIpc) is 2.95. The number of piperazine rings is 1. The molecule has 3 atom stereocenters. The Bertz CT molecular complexity index is 301. The van der Waals surface area contributed by atoms with Crippen molar-refractivity contribution in [1.82, 2.24) is 10.2 Å². The molecule has 1 N–H and O–H groups in total. The van der Waals surface area contributed by atoms with Crippen molar-refractivity contribution < 1.29 is 4.74 Å². The third kappa shape index (κ3) is 3.20. The van der Waals surface area contributed by atoms with Gasteiger partial charge >= 0.3 is 0 Å². The molecule has 0 amide bonds. The molecule has 118 valence electrons. The van der Waals surface area contributed by atoms with Crippen molar-refractivity contribution in [3.63, 3.8) is 0 Å². The largest absolute Gasteiger partial charge is 0.381 e. The molecule has 0 aromatic carbocycles. The minimum absolute atomic E-state index is 0.330. The van der Waals surface area contributed by atoms with Crippen LogP contribution in [0.5, 0.6) is 0 Å². The predicted molar refractivity (Wildman–Crippen MR) is 85.1 cm³/mol. The summed E-state index contributed by atoms with van der Waals surface area (Å²) >= 11 is 0. The van der Waals surface area contributed by atoms with E-state index in [1.54, 1.807) is 0 Å². The number of hydrogen-bond acceptors (Lipinski definition) is 3. The van der Waals surface area contributed by atoms with Crippen LogP contribution in [0.3, 0.4) is 0 Å². The highest BCUT2D eigenvalue weighted by molar-refractivity contribution is 5.01. The lowest BCUT2D eigenvalue weighted by Crippen LogP contribution is -2.66. The highest BCUT2D eigenvalue weighted by Gasteiger charge is 2.42. The number of hydrogen-bond donors (Lipinski definition) is 1. The highest BCUT2D eigenvalue weighted by atomic mass is 16.5. The molecule has 1 aliphatic carbocycles. The fourth-order valence-corrected chi connectivity index (χ4v) is 4.14. The Labute approximate surface area is 125 Å². The third-order valence-corrected chi connectivity index (χ3v) is 5.88. The summed E-state index contributed by atoms with van der Waals surface area (Å²) in [5.74, 6) is 0.718. The van der Waals surface area contributed by atoms with Crippen LogP contribution in [0.2, 0.25) is 0 Å².